The molecule has 0 aromatic heterocycles. The molecule has 1 aromatic rings. The standard InChI is InChI=1S/C14H17NO5/c1-4-5-20-14(19)15-11(13(17)18)10-6-8(2)12(16)9(3)7-10/h4,6-7,11,16H,1,5H2,2-3H3,(H,15,19)(H,17,18). The van der Waals surface area contributed by atoms with Gasteiger partial charge < -0.3 is 20.3 Å². The lowest BCUT2D eigenvalue weighted by molar-refractivity contribution is -0.139. The molecular weight excluding hydrogens is 262 g/mol. The van der Waals surface area contributed by atoms with Crippen molar-refractivity contribution >= 4 is 12.1 Å². The Bertz CT molecular complexity index is 515. The Kier molecular flexibility index (Phi) is 5.14. The number of carbonyl (C=O) groups is 2. The average molecular weight is 279 g/mol. The molecule has 0 saturated carbocycles. The summed E-state index contributed by atoms with van der Waals surface area (Å²) in [6.07, 6.45) is 0.533. The van der Waals surface area contributed by atoms with Gasteiger partial charge in [-0.3, -0.25) is 0 Å². The van der Waals surface area contributed by atoms with Gasteiger partial charge >= 0.3 is 12.1 Å². The van der Waals surface area contributed by atoms with Gasteiger partial charge in [-0.25, -0.2) is 9.59 Å². The monoisotopic (exact) mass is 279 g/mol. The number of phenols is 1. The summed E-state index contributed by atoms with van der Waals surface area (Å²) in [4.78, 5) is 22.7. The molecule has 0 aliphatic rings. The summed E-state index contributed by atoms with van der Waals surface area (Å²) in [7, 11) is 0. The SMILES string of the molecule is C=CCOC(=O)NC(C(=O)O)c1cc(C)c(O)c(C)c1. The number of ether oxygens (including phenoxy) is 1. The first kappa shape index (κ1) is 15.6. The molecule has 20 heavy (non-hydrogen) atoms. The van der Waals surface area contributed by atoms with Crippen LogP contribution in [0.3, 0.4) is 0 Å². The average Bonchev–Trinajstić information content (AvgIpc) is 2.38. The lowest BCUT2D eigenvalue weighted by atomic mass is 10.0. The first-order valence-corrected chi connectivity index (χ1v) is 5.94. The van der Waals surface area contributed by atoms with Crippen molar-refractivity contribution in [1.29, 1.82) is 0 Å². The van der Waals surface area contributed by atoms with Gasteiger partial charge in [0.1, 0.15) is 12.4 Å². The zero-order valence-corrected chi connectivity index (χ0v) is 11.3. The van der Waals surface area contributed by atoms with Crippen molar-refractivity contribution in [1.82, 2.24) is 5.32 Å². The molecule has 1 amide bonds. The fourth-order valence-electron chi connectivity index (χ4n) is 1.74. The predicted octanol–water partition coefficient (Wildman–Crippen LogP) is 2.05. The highest BCUT2D eigenvalue weighted by atomic mass is 16.5. The third-order valence-electron chi connectivity index (χ3n) is 2.69. The van der Waals surface area contributed by atoms with Crippen molar-refractivity contribution in [3.8, 4) is 5.75 Å². The highest BCUT2D eigenvalue weighted by molar-refractivity contribution is 5.81. The molecule has 6 heteroatoms. The van der Waals surface area contributed by atoms with E-state index in [1.54, 1.807) is 13.8 Å². The molecule has 1 aromatic carbocycles. The van der Waals surface area contributed by atoms with Crippen LogP contribution in [0.2, 0.25) is 0 Å². The number of phenolic OH excluding ortho intramolecular Hbond substituents is 1. The number of amides is 1. The first-order chi connectivity index (χ1) is 9.36. The van der Waals surface area contributed by atoms with Crippen LogP contribution in [0.1, 0.15) is 22.7 Å². The van der Waals surface area contributed by atoms with E-state index < -0.39 is 18.1 Å². The number of benzene rings is 1. The van der Waals surface area contributed by atoms with Gasteiger partial charge in [-0.05, 0) is 42.7 Å². The second kappa shape index (κ2) is 6.60. The van der Waals surface area contributed by atoms with Gasteiger partial charge in [0.15, 0.2) is 6.04 Å². The van der Waals surface area contributed by atoms with E-state index in [9.17, 15) is 19.8 Å². The summed E-state index contributed by atoms with van der Waals surface area (Å²) in [5.41, 5.74) is 1.43. The van der Waals surface area contributed by atoms with Crippen LogP contribution >= 0.6 is 0 Å². The Hall–Kier alpha value is -2.50. The van der Waals surface area contributed by atoms with Crippen molar-refractivity contribution in [2.45, 2.75) is 19.9 Å². The highest BCUT2D eigenvalue weighted by Crippen LogP contribution is 2.26. The number of hydrogen-bond acceptors (Lipinski definition) is 4. The van der Waals surface area contributed by atoms with Gasteiger partial charge in [-0.1, -0.05) is 12.7 Å². The minimum atomic E-state index is -1.25. The topological polar surface area (TPSA) is 95.9 Å². The van der Waals surface area contributed by atoms with E-state index in [1.807, 2.05) is 0 Å². The highest BCUT2D eigenvalue weighted by Gasteiger charge is 2.23. The van der Waals surface area contributed by atoms with Crippen LogP contribution in [-0.2, 0) is 9.53 Å². The summed E-state index contributed by atoms with van der Waals surface area (Å²) in [5.74, 6) is -1.11. The molecule has 1 atom stereocenters. The zero-order valence-electron chi connectivity index (χ0n) is 11.3. The van der Waals surface area contributed by atoms with Gasteiger partial charge in [-0.2, -0.15) is 0 Å². The molecule has 3 N–H and O–H groups in total. The van der Waals surface area contributed by atoms with Gasteiger partial charge in [0.25, 0.3) is 0 Å². The lowest BCUT2D eigenvalue weighted by Crippen LogP contribution is -2.34. The minimum Gasteiger partial charge on any atom is -0.507 e. The summed E-state index contributed by atoms with van der Waals surface area (Å²) >= 11 is 0. The lowest BCUT2D eigenvalue weighted by Gasteiger charge is -2.16. The molecule has 1 unspecified atom stereocenters. The second-order valence-corrected chi connectivity index (χ2v) is 4.31. The number of aryl methyl sites for hydroxylation is 2. The van der Waals surface area contributed by atoms with E-state index in [-0.39, 0.29) is 12.4 Å². The predicted molar refractivity (Wildman–Crippen MR) is 72.6 cm³/mol. The number of carboxylic acid groups (broad SMARTS) is 1. The number of carbonyl (C=O) groups excluding carboxylic acids is 1. The molecular formula is C14H17NO5. The zero-order chi connectivity index (χ0) is 15.3. The Morgan fingerprint density at radius 1 is 1.40 bits per heavy atom. The Labute approximate surface area is 116 Å². The smallest absolute Gasteiger partial charge is 0.408 e. The Morgan fingerprint density at radius 2 is 1.95 bits per heavy atom. The summed E-state index contributed by atoms with van der Waals surface area (Å²) in [6, 6.07) is 1.77. The maximum atomic E-state index is 11.4. The third kappa shape index (κ3) is 3.74. The van der Waals surface area contributed by atoms with Crippen LogP contribution in [-0.4, -0.2) is 28.9 Å². The summed E-state index contributed by atoms with van der Waals surface area (Å²) < 4.78 is 4.70. The minimum absolute atomic E-state index is 0.00813. The number of nitrogens with one attached hydrogen (secondary N) is 1. The number of hydrogen-bond donors (Lipinski definition) is 3. The van der Waals surface area contributed by atoms with Gasteiger partial charge in [-0.15, -0.1) is 0 Å². The molecule has 0 spiro atoms. The maximum absolute atomic E-state index is 11.4. The molecule has 0 aliphatic carbocycles. The van der Waals surface area contributed by atoms with E-state index in [1.165, 1.54) is 18.2 Å². The molecule has 0 fully saturated rings. The van der Waals surface area contributed by atoms with Gasteiger partial charge in [0.05, 0.1) is 0 Å². The first-order valence-electron chi connectivity index (χ1n) is 5.94. The van der Waals surface area contributed by atoms with E-state index in [2.05, 4.69) is 11.9 Å². The largest absolute Gasteiger partial charge is 0.507 e. The van der Waals surface area contributed by atoms with Crippen molar-refractivity contribution in [3.05, 3.63) is 41.5 Å². The summed E-state index contributed by atoms with van der Waals surface area (Å²) in [5, 5.41) is 21.1. The van der Waals surface area contributed by atoms with Crippen LogP contribution < -0.4 is 5.32 Å². The number of aliphatic carboxylic acids is 1. The third-order valence-corrected chi connectivity index (χ3v) is 2.69. The van der Waals surface area contributed by atoms with E-state index >= 15 is 0 Å². The fraction of sp³-hybridized carbons (Fsp3) is 0.286. The molecule has 0 aliphatic heterocycles. The molecule has 108 valence electrons. The molecule has 1 rings (SSSR count). The molecule has 0 bridgehead atoms. The van der Waals surface area contributed by atoms with E-state index in [0.29, 0.717) is 16.7 Å². The van der Waals surface area contributed by atoms with E-state index in [0.717, 1.165) is 0 Å². The van der Waals surface area contributed by atoms with E-state index in [4.69, 9.17) is 4.74 Å². The van der Waals surface area contributed by atoms with Crippen molar-refractivity contribution in [2.24, 2.45) is 0 Å². The number of aromatic hydroxyl groups is 1. The summed E-state index contributed by atoms with van der Waals surface area (Å²) in [6.45, 7) is 6.69. The quantitative estimate of drug-likeness (QED) is 0.717. The van der Waals surface area contributed by atoms with Crippen molar-refractivity contribution < 1.29 is 24.5 Å². The van der Waals surface area contributed by atoms with Crippen LogP contribution in [0.5, 0.6) is 5.75 Å². The van der Waals surface area contributed by atoms with Crippen molar-refractivity contribution in [2.75, 3.05) is 6.61 Å². The van der Waals surface area contributed by atoms with Crippen molar-refractivity contribution in [3.63, 3.8) is 0 Å². The number of carboxylic acids is 1. The Balaban J connectivity index is 3.00. The van der Waals surface area contributed by atoms with Gasteiger partial charge in [0.2, 0.25) is 0 Å². The van der Waals surface area contributed by atoms with Crippen LogP contribution in [0.15, 0.2) is 24.8 Å². The van der Waals surface area contributed by atoms with Crippen LogP contribution in [0, 0.1) is 13.8 Å². The second-order valence-electron chi connectivity index (χ2n) is 4.31. The maximum Gasteiger partial charge on any atom is 0.408 e. The Morgan fingerprint density at radius 3 is 2.40 bits per heavy atom. The van der Waals surface area contributed by atoms with Gasteiger partial charge in [0, 0.05) is 0 Å². The number of rotatable bonds is 5. The fourth-order valence-corrected chi connectivity index (χ4v) is 1.74. The van der Waals surface area contributed by atoms with Crippen LogP contribution in [0.4, 0.5) is 4.79 Å². The molecule has 0 saturated heterocycles. The normalized spacial score (nSPS) is 11.5. The molecule has 6 nitrogen and oxygen atoms in total. The molecule has 0 heterocycles. The number of alkyl carbamates (subject to hydrolysis) is 1. The molecule has 0 radical (unpaired) electrons. The van der Waals surface area contributed by atoms with Crippen LogP contribution in [0.25, 0.3) is 0 Å².